The summed E-state index contributed by atoms with van der Waals surface area (Å²) in [4.78, 5) is 18.2. The number of nitrogens with zero attached hydrogens (tertiary/aromatic N) is 1. The number of rotatable bonds is 2. The smallest absolute Gasteiger partial charge is 0.352 e. The van der Waals surface area contributed by atoms with Gasteiger partial charge in [-0.05, 0) is 6.07 Å². The van der Waals surface area contributed by atoms with Crippen LogP contribution >= 0.6 is 11.3 Å². The molecule has 13 heavy (non-hydrogen) atoms. The van der Waals surface area contributed by atoms with Gasteiger partial charge in [0.2, 0.25) is 0 Å². The second-order valence-electron chi connectivity index (χ2n) is 2.47. The van der Waals surface area contributed by atoms with Gasteiger partial charge in [-0.3, -0.25) is 0 Å². The highest BCUT2D eigenvalue weighted by molar-refractivity contribution is 7.21. The molecule has 0 fully saturated rings. The van der Waals surface area contributed by atoms with Crippen LogP contribution in [0.4, 0.5) is 5.13 Å². The molecule has 2 aromatic heterocycles. The highest BCUT2D eigenvalue weighted by Gasteiger charge is 2.10. The molecule has 6 heteroatoms. The van der Waals surface area contributed by atoms with Gasteiger partial charge in [0.25, 0.3) is 0 Å². The minimum atomic E-state index is -0.962. The monoisotopic (exact) mass is 197 g/mol. The molecule has 68 valence electrons. The third kappa shape index (κ3) is 1.25. The molecular formula is C7H7N3O2S. The quantitative estimate of drug-likeness (QED) is 0.679. The van der Waals surface area contributed by atoms with Gasteiger partial charge in [-0.15, -0.1) is 0 Å². The number of aromatic amines is 1. The van der Waals surface area contributed by atoms with Crippen LogP contribution in [0.1, 0.15) is 10.5 Å². The van der Waals surface area contributed by atoms with Crippen LogP contribution in [-0.2, 0) is 0 Å². The minimum absolute atomic E-state index is 0.177. The van der Waals surface area contributed by atoms with Gasteiger partial charge < -0.3 is 15.4 Å². The Morgan fingerprint density at radius 2 is 2.54 bits per heavy atom. The van der Waals surface area contributed by atoms with E-state index >= 15 is 0 Å². The lowest BCUT2D eigenvalue weighted by molar-refractivity contribution is 0.0691. The Kier molecular flexibility index (Phi) is 1.70. The molecule has 0 bridgehead atoms. The molecule has 2 rings (SSSR count). The van der Waals surface area contributed by atoms with Crippen LogP contribution in [0, 0.1) is 0 Å². The van der Waals surface area contributed by atoms with Crippen molar-refractivity contribution >= 4 is 32.8 Å². The van der Waals surface area contributed by atoms with Crippen LogP contribution in [0.3, 0.4) is 0 Å². The molecule has 0 aliphatic carbocycles. The molecule has 0 aromatic carbocycles. The second kappa shape index (κ2) is 2.74. The van der Waals surface area contributed by atoms with Gasteiger partial charge in [-0.2, -0.15) is 0 Å². The highest BCUT2D eigenvalue weighted by atomic mass is 32.1. The first-order chi connectivity index (χ1) is 6.20. The fourth-order valence-corrected chi connectivity index (χ4v) is 1.85. The molecule has 3 N–H and O–H groups in total. The number of carboxylic acid groups (broad SMARTS) is 1. The zero-order valence-electron chi connectivity index (χ0n) is 6.79. The Bertz CT molecular complexity index is 428. The van der Waals surface area contributed by atoms with E-state index in [2.05, 4.69) is 15.3 Å². The summed E-state index contributed by atoms with van der Waals surface area (Å²) in [5, 5.41) is 12.3. The number of hydrogen-bond acceptors (Lipinski definition) is 4. The maximum atomic E-state index is 10.6. The lowest BCUT2D eigenvalue weighted by atomic mass is 10.4. The van der Waals surface area contributed by atoms with E-state index in [1.165, 1.54) is 17.4 Å². The van der Waals surface area contributed by atoms with Gasteiger partial charge in [0.05, 0.1) is 0 Å². The molecule has 0 saturated heterocycles. The van der Waals surface area contributed by atoms with E-state index in [4.69, 9.17) is 5.11 Å². The number of aromatic nitrogens is 2. The third-order valence-electron chi connectivity index (χ3n) is 1.63. The molecule has 0 unspecified atom stereocenters. The van der Waals surface area contributed by atoms with Gasteiger partial charge >= 0.3 is 5.97 Å². The average molecular weight is 197 g/mol. The summed E-state index contributed by atoms with van der Waals surface area (Å²) in [5.74, 6) is -0.962. The van der Waals surface area contributed by atoms with E-state index in [0.717, 1.165) is 9.96 Å². The van der Waals surface area contributed by atoms with Crippen LogP contribution in [0.25, 0.3) is 10.3 Å². The van der Waals surface area contributed by atoms with E-state index in [1.807, 2.05) is 0 Å². The second-order valence-corrected chi connectivity index (χ2v) is 3.47. The molecular weight excluding hydrogens is 190 g/mol. The fraction of sp³-hybridized carbons (Fsp3) is 0.143. The van der Waals surface area contributed by atoms with Crippen molar-refractivity contribution in [2.24, 2.45) is 0 Å². The Balaban J connectivity index is 2.54. The van der Waals surface area contributed by atoms with Crippen molar-refractivity contribution in [1.29, 1.82) is 0 Å². The summed E-state index contributed by atoms with van der Waals surface area (Å²) in [6.07, 6.45) is 0. The number of nitrogens with one attached hydrogen (secondary N) is 2. The predicted octanol–water partition coefficient (Wildman–Crippen LogP) is 1.36. The average Bonchev–Trinajstić information content (AvgIpc) is 2.58. The largest absolute Gasteiger partial charge is 0.477 e. The number of H-pyrrole nitrogens is 1. The molecule has 2 heterocycles. The highest BCUT2D eigenvalue weighted by Crippen LogP contribution is 2.25. The number of carboxylic acids is 1. The molecule has 0 aliphatic rings. The van der Waals surface area contributed by atoms with Crippen molar-refractivity contribution in [3.63, 3.8) is 0 Å². The molecule has 0 radical (unpaired) electrons. The van der Waals surface area contributed by atoms with Gasteiger partial charge in [-0.1, -0.05) is 11.3 Å². The molecule has 5 nitrogen and oxygen atoms in total. The normalized spacial score (nSPS) is 10.5. The summed E-state index contributed by atoms with van der Waals surface area (Å²) >= 11 is 1.39. The standard InChI is InChI=1S/C7H7N3O2S/c1-8-7-10-3-2-4(6(11)12)9-5(3)13-7/h2,9H,1H3,(H,8,10)(H,11,12). The van der Waals surface area contributed by atoms with Crippen LogP contribution < -0.4 is 5.32 Å². The molecule has 0 aliphatic heterocycles. The van der Waals surface area contributed by atoms with Crippen LogP contribution in [0.5, 0.6) is 0 Å². The third-order valence-corrected chi connectivity index (χ3v) is 2.63. The van der Waals surface area contributed by atoms with E-state index in [1.54, 1.807) is 7.05 Å². The Morgan fingerprint density at radius 1 is 1.77 bits per heavy atom. The number of carbonyl (C=O) groups is 1. The number of thiazole rings is 1. The summed E-state index contributed by atoms with van der Waals surface area (Å²) in [6, 6.07) is 1.52. The van der Waals surface area contributed by atoms with Crippen LogP contribution in [-0.4, -0.2) is 28.1 Å². The van der Waals surface area contributed by atoms with E-state index in [0.29, 0.717) is 5.52 Å². The summed E-state index contributed by atoms with van der Waals surface area (Å²) in [7, 11) is 1.77. The maximum Gasteiger partial charge on any atom is 0.352 e. The predicted molar refractivity (Wildman–Crippen MR) is 50.5 cm³/mol. The zero-order valence-corrected chi connectivity index (χ0v) is 7.60. The number of hydrogen-bond donors (Lipinski definition) is 3. The first-order valence-electron chi connectivity index (χ1n) is 3.61. The Morgan fingerprint density at radius 3 is 3.08 bits per heavy atom. The van der Waals surface area contributed by atoms with Gasteiger partial charge in [0.15, 0.2) is 5.13 Å². The maximum absolute atomic E-state index is 10.6. The topological polar surface area (TPSA) is 78.0 Å². The van der Waals surface area contributed by atoms with Gasteiger partial charge in [0.1, 0.15) is 16.0 Å². The van der Waals surface area contributed by atoms with Gasteiger partial charge in [-0.25, -0.2) is 9.78 Å². The number of fused-ring (bicyclic) bond motifs is 1. The van der Waals surface area contributed by atoms with Crippen LogP contribution in [0.15, 0.2) is 6.07 Å². The van der Waals surface area contributed by atoms with Crippen molar-refractivity contribution in [3.05, 3.63) is 11.8 Å². The lowest BCUT2D eigenvalue weighted by Gasteiger charge is -1.87. The molecule has 0 spiro atoms. The first kappa shape index (κ1) is 8.06. The first-order valence-corrected chi connectivity index (χ1v) is 4.43. The molecule has 0 atom stereocenters. The number of aromatic carboxylic acids is 1. The molecule has 2 aromatic rings. The van der Waals surface area contributed by atoms with Crippen LogP contribution in [0.2, 0.25) is 0 Å². The Hall–Kier alpha value is -1.56. The van der Waals surface area contributed by atoms with Crippen molar-refractivity contribution in [2.75, 3.05) is 12.4 Å². The molecule has 0 saturated carbocycles. The summed E-state index contributed by atoms with van der Waals surface area (Å²) in [6.45, 7) is 0. The van der Waals surface area contributed by atoms with Crippen molar-refractivity contribution < 1.29 is 9.90 Å². The SMILES string of the molecule is CNc1nc2cc(C(=O)O)[nH]c2s1. The van der Waals surface area contributed by atoms with Crippen molar-refractivity contribution in [3.8, 4) is 0 Å². The van der Waals surface area contributed by atoms with Crippen molar-refractivity contribution in [2.45, 2.75) is 0 Å². The zero-order chi connectivity index (χ0) is 9.42. The van der Waals surface area contributed by atoms with Crippen molar-refractivity contribution in [1.82, 2.24) is 9.97 Å². The Labute approximate surface area is 77.4 Å². The van der Waals surface area contributed by atoms with Gasteiger partial charge in [0, 0.05) is 7.05 Å². The van der Waals surface area contributed by atoms with E-state index < -0.39 is 5.97 Å². The fourth-order valence-electron chi connectivity index (χ4n) is 1.04. The van der Waals surface area contributed by atoms with E-state index in [-0.39, 0.29) is 5.69 Å². The summed E-state index contributed by atoms with van der Waals surface area (Å²) < 4.78 is 0. The number of anilines is 1. The minimum Gasteiger partial charge on any atom is -0.477 e. The lowest BCUT2D eigenvalue weighted by Crippen LogP contribution is -1.95. The molecule has 0 amide bonds. The summed E-state index contributed by atoms with van der Waals surface area (Å²) in [5.41, 5.74) is 0.864. The van der Waals surface area contributed by atoms with E-state index in [9.17, 15) is 4.79 Å².